The van der Waals surface area contributed by atoms with Crippen molar-refractivity contribution in [2.24, 2.45) is 4.99 Å². The van der Waals surface area contributed by atoms with E-state index >= 15 is 0 Å². The normalized spacial score (nSPS) is 12.2. The van der Waals surface area contributed by atoms with Gasteiger partial charge in [0.25, 0.3) is 11.6 Å². The Morgan fingerprint density at radius 1 is 1.31 bits per heavy atom. The molecule has 1 heterocycles. The number of carbonyl (C=O) groups excluding carboxylic acids is 1. The molecule has 3 rings (SSSR count). The highest BCUT2D eigenvalue weighted by atomic mass is 32.2. The van der Waals surface area contributed by atoms with Crippen molar-refractivity contribution in [1.82, 2.24) is 4.57 Å². The summed E-state index contributed by atoms with van der Waals surface area (Å²) in [5, 5.41) is 11.0. The van der Waals surface area contributed by atoms with Crippen LogP contribution < -0.4 is 4.80 Å². The zero-order valence-corrected chi connectivity index (χ0v) is 17.1. The highest BCUT2D eigenvalue weighted by Gasteiger charge is 2.21. The number of nitrogens with zero attached hydrogens (tertiary/aromatic N) is 3. The van der Waals surface area contributed by atoms with E-state index in [1.807, 2.05) is 0 Å². The highest BCUT2D eigenvalue weighted by molar-refractivity contribution is 7.91. The van der Waals surface area contributed by atoms with Crippen molar-refractivity contribution < 1.29 is 18.1 Å². The van der Waals surface area contributed by atoms with Crippen LogP contribution in [0.5, 0.6) is 0 Å². The molecule has 10 heteroatoms. The first-order valence-corrected chi connectivity index (χ1v) is 11.0. The van der Waals surface area contributed by atoms with Crippen LogP contribution in [0.4, 0.5) is 5.69 Å². The minimum absolute atomic E-state index is 0.0112. The number of fused-ring (bicyclic) bond motifs is 1. The maximum Gasteiger partial charge on any atom is 0.280 e. The summed E-state index contributed by atoms with van der Waals surface area (Å²) in [7, 11) is -3.60. The number of hydrogen-bond donors (Lipinski definition) is 0. The summed E-state index contributed by atoms with van der Waals surface area (Å²) in [6.07, 6.45) is 1.62. The summed E-state index contributed by atoms with van der Waals surface area (Å²) in [5.41, 5.74) is 0.589. The standard InChI is InChI=1S/C19H17N3O5S2/c1-3-11-21-15-10-9-13(22(24)25)12-16(15)28-19(21)20-18(23)14-7-5-6-8-17(14)29(26,27)4-2/h3,5-10,12H,1,4,11H2,2H3. The third-order valence-electron chi connectivity index (χ3n) is 4.22. The van der Waals surface area contributed by atoms with Gasteiger partial charge in [-0.3, -0.25) is 14.9 Å². The molecule has 0 saturated carbocycles. The van der Waals surface area contributed by atoms with E-state index in [0.717, 1.165) is 11.3 Å². The van der Waals surface area contributed by atoms with E-state index < -0.39 is 20.7 Å². The Labute approximate surface area is 170 Å². The first kappa shape index (κ1) is 20.6. The molecule has 0 atom stereocenters. The van der Waals surface area contributed by atoms with Crippen molar-refractivity contribution in [2.45, 2.75) is 18.4 Å². The molecule has 0 aliphatic rings. The van der Waals surface area contributed by atoms with E-state index in [-0.39, 0.29) is 21.9 Å². The average Bonchev–Trinajstić information content (AvgIpc) is 3.04. The van der Waals surface area contributed by atoms with Crippen molar-refractivity contribution in [3.8, 4) is 0 Å². The third kappa shape index (κ3) is 4.03. The molecule has 0 bridgehead atoms. The number of thiazole rings is 1. The Morgan fingerprint density at radius 2 is 2.03 bits per heavy atom. The summed E-state index contributed by atoms with van der Waals surface area (Å²) in [6, 6.07) is 10.3. The summed E-state index contributed by atoms with van der Waals surface area (Å²) in [4.78, 5) is 27.7. The van der Waals surface area contributed by atoms with E-state index in [4.69, 9.17) is 0 Å². The number of sulfone groups is 1. The van der Waals surface area contributed by atoms with Gasteiger partial charge in [-0.2, -0.15) is 4.99 Å². The molecule has 0 saturated heterocycles. The van der Waals surface area contributed by atoms with Gasteiger partial charge in [-0.1, -0.05) is 36.5 Å². The SMILES string of the molecule is C=CCn1c(=NC(=O)c2ccccc2S(=O)(=O)CC)sc2cc([N+](=O)[O-])ccc21. The van der Waals surface area contributed by atoms with Crippen LogP contribution in [-0.4, -0.2) is 29.6 Å². The Bertz CT molecular complexity index is 1300. The third-order valence-corrected chi connectivity index (χ3v) is 7.05. The molecule has 0 N–H and O–H groups in total. The van der Waals surface area contributed by atoms with Crippen molar-refractivity contribution in [2.75, 3.05) is 5.75 Å². The number of carbonyl (C=O) groups is 1. The number of hydrogen-bond acceptors (Lipinski definition) is 6. The number of nitro benzene ring substituents is 1. The van der Waals surface area contributed by atoms with Gasteiger partial charge in [0.2, 0.25) is 0 Å². The molecule has 0 aliphatic heterocycles. The second kappa shape index (κ2) is 8.10. The Morgan fingerprint density at radius 3 is 2.69 bits per heavy atom. The number of non-ortho nitro benzene ring substituents is 1. The van der Waals surface area contributed by atoms with Gasteiger partial charge in [0.05, 0.1) is 31.4 Å². The van der Waals surface area contributed by atoms with Gasteiger partial charge in [0, 0.05) is 18.7 Å². The zero-order valence-electron chi connectivity index (χ0n) is 15.4. The molecular weight excluding hydrogens is 414 g/mol. The van der Waals surface area contributed by atoms with Crippen LogP contribution in [0, 0.1) is 10.1 Å². The van der Waals surface area contributed by atoms with Gasteiger partial charge in [0.15, 0.2) is 14.6 Å². The van der Waals surface area contributed by atoms with Crippen LogP contribution in [0.2, 0.25) is 0 Å². The largest absolute Gasteiger partial charge is 0.312 e. The molecular formula is C19H17N3O5S2. The van der Waals surface area contributed by atoms with Crippen molar-refractivity contribution in [3.05, 3.63) is 75.6 Å². The predicted octanol–water partition coefficient (Wildman–Crippen LogP) is 3.33. The first-order chi connectivity index (χ1) is 13.8. The molecule has 29 heavy (non-hydrogen) atoms. The Hall–Kier alpha value is -3.11. The second-order valence-corrected chi connectivity index (χ2v) is 9.27. The van der Waals surface area contributed by atoms with Crippen molar-refractivity contribution in [1.29, 1.82) is 0 Å². The van der Waals surface area contributed by atoms with E-state index in [0.29, 0.717) is 21.6 Å². The van der Waals surface area contributed by atoms with E-state index in [2.05, 4.69) is 11.6 Å². The number of rotatable bonds is 6. The van der Waals surface area contributed by atoms with E-state index in [9.17, 15) is 23.3 Å². The lowest BCUT2D eigenvalue weighted by Gasteiger charge is -2.06. The number of amides is 1. The molecule has 1 aromatic heterocycles. The lowest BCUT2D eigenvalue weighted by Crippen LogP contribution is -2.17. The average molecular weight is 431 g/mol. The number of nitro groups is 1. The van der Waals surface area contributed by atoms with Gasteiger partial charge in [-0.15, -0.1) is 6.58 Å². The summed E-state index contributed by atoms with van der Waals surface area (Å²) in [6.45, 7) is 5.53. The van der Waals surface area contributed by atoms with Crippen LogP contribution in [0.25, 0.3) is 10.2 Å². The molecule has 8 nitrogen and oxygen atoms in total. The van der Waals surface area contributed by atoms with Gasteiger partial charge in [-0.25, -0.2) is 8.42 Å². The molecule has 0 aliphatic carbocycles. The summed E-state index contributed by atoms with van der Waals surface area (Å²) < 4.78 is 26.9. The lowest BCUT2D eigenvalue weighted by molar-refractivity contribution is -0.384. The van der Waals surface area contributed by atoms with Crippen LogP contribution in [0.15, 0.2) is 65.0 Å². The molecule has 0 radical (unpaired) electrons. The number of aromatic nitrogens is 1. The van der Waals surface area contributed by atoms with Crippen LogP contribution in [-0.2, 0) is 16.4 Å². The maximum absolute atomic E-state index is 12.8. The van der Waals surface area contributed by atoms with Crippen LogP contribution >= 0.6 is 11.3 Å². The minimum Gasteiger partial charge on any atom is -0.312 e. The van der Waals surface area contributed by atoms with Crippen LogP contribution in [0.3, 0.4) is 0 Å². The Balaban J connectivity index is 2.20. The van der Waals surface area contributed by atoms with E-state index in [1.165, 1.54) is 31.2 Å². The van der Waals surface area contributed by atoms with E-state index in [1.54, 1.807) is 28.8 Å². The minimum atomic E-state index is -3.60. The topological polar surface area (TPSA) is 112 Å². The van der Waals surface area contributed by atoms with Crippen molar-refractivity contribution >= 4 is 43.0 Å². The number of allylic oxidation sites excluding steroid dienone is 1. The summed E-state index contributed by atoms with van der Waals surface area (Å²) in [5.74, 6) is -0.836. The van der Waals surface area contributed by atoms with Gasteiger partial charge in [0.1, 0.15) is 0 Å². The lowest BCUT2D eigenvalue weighted by atomic mass is 10.2. The molecule has 2 aromatic carbocycles. The molecule has 3 aromatic rings. The molecule has 0 unspecified atom stereocenters. The zero-order chi connectivity index (χ0) is 21.2. The highest BCUT2D eigenvalue weighted by Crippen LogP contribution is 2.24. The molecule has 0 spiro atoms. The Kier molecular flexibility index (Phi) is 5.76. The predicted molar refractivity (Wildman–Crippen MR) is 111 cm³/mol. The number of benzene rings is 2. The molecule has 0 fully saturated rings. The second-order valence-electron chi connectivity index (χ2n) is 6.01. The fourth-order valence-corrected chi connectivity index (χ4v) is 4.94. The first-order valence-electron chi connectivity index (χ1n) is 8.58. The van der Waals surface area contributed by atoms with Crippen molar-refractivity contribution in [3.63, 3.8) is 0 Å². The smallest absolute Gasteiger partial charge is 0.280 e. The fourth-order valence-electron chi connectivity index (χ4n) is 2.78. The molecule has 1 amide bonds. The van der Waals surface area contributed by atoms with Gasteiger partial charge in [-0.05, 0) is 18.2 Å². The quantitative estimate of drug-likeness (QED) is 0.338. The molecule has 150 valence electrons. The monoisotopic (exact) mass is 431 g/mol. The van der Waals surface area contributed by atoms with Gasteiger partial charge >= 0.3 is 0 Å². The fraction of sp³-hybridized carbons (Fsp3) is 0.158. The summed E-state index contributed by atoms with van der Waals surface area (Å²) >= 11 is 1.11. The van der Waals surface area contributed by atoms with Crippen LogP contribution in [0.1, 0.15) is 17.3 Å². The maximum atomic E-state index is 12.8. The van der Waals surface area contributed by atoms with Gasteiger partial charge < -0.3 is 4.57 Å².